The van der Waals surface area contributed by atoms with Gasteiger partial charge in [-0.25, -0.2) is 4.79 Å². The Morgan fingerprint density at radius 1 is 1.37 bits per heavy atom. The van der Waals surface area contributed by atoms with E-state index in [2.05, 4.69) is 5.32 Å². The van der Waals surface area contributed by atoms with E-state index in [-0.39, 0.29) is 18.2 Å². The molecule has 0 radical (unpaired) electrons. The van der Waals surface area contributed by atoms with Crippen molar-refractivity contribution < 1.29 is 19.4 Å². The van der Waals surface area contributed by atoms with Crippen LogP contribution in [0.3, 0.4) is 0 Å². The van der Waals surface area contributed by atoms with E-state index >= 15 is 0 Å². The third-order valence-electron chi connectivity index (χ3n) is 3.20. The smallest absolute Gasteiger partial charge is 0.326 e. The monoisotopic (exact) mass is 263 g/mol. The predicted octanol–water partition coefficient (Wildman–Crippen LogP) is 0.835. The van der Waals surface area contributed by atoms with Gasteiger partial charge in [0.1, 0.15) is 6.04 Å². The molecule has 1 unspecified atom stereocenters. The summed E-state index contributed by atoms with van der Waals surface area (Å²) in [6.45, 7) is 0.942. The van der Waals surface area contributed by atoms with Gasteiger partial charge in [-0.3, -0.25) is 4.79 Å². The van der Waals surface area contributed by atoms with Crippen LogP contribution in [0, 0.1) is 5.92 Å². The largest absolute Gasteiger partial charge is 0.480 e. The molecule has 0 aliphatic carbocycles. The Kier molecular flexibility index (Phi) is 4.52. The lowest BCUT2D eigenvalue weighted by molar-refractivity contribution is -0.142. The average molecular weight is 263 g/mol. The van der Waals surface area contributed by atoms with Gasteiger partial charge < -0.3 is 15.2 Å². The molecule has 0 spiro atoms. The molecular formula is C14H17NO4. The first kappa shape index (κ1) is 13.5. The Hall–Kier alpha value is -1.88. The lowest BCUT2D eigenvalue weighted by Gasteiger charge is -2.16. The van der Waals surface area contributed by atoms with Gasteiger partial charge in [0.2, 0.25) is 5.91 Å². The molecule has 1 amide bonds. The van der Waals surface area contributed by atoms with Crippen LogP contribution in [0.25, 0.3) is 0 Å². The van der Waals surface area contributed by atoms with Crippen LogP contribution >= 0.6 is 0 Å². The molecule has 19 heavy (non-hydrogen) atoms. The molecule has 1 aromatic carbocycles. The molecule has 5 heteroatoms. The predicted molar refractivity (Wildman–Crippen MR) is 68.6 cm³/mol. The number of benzene rings is 1. The van der Waals surface area contributed by atoms with Gasteiger partial charge in [-0.15, -0.1) is 0 Å². The second-order valence-corrected chi connectivity index (χ2v) is 4.65. The van der Waals surface area contributed by atoms with E-state index in [1.807, 2.05) is 30.3 Å². The zero-order chi connectivity index (χ0) is 13.7. The zero-order valence-electron chi connectivity index (χ0n) is 10.5. The van der Waals surface area contributed by atoms with Gasteiger partial charge in [0.05, 0.1) is 12.5 Å². The molecule has 2 atom stereocenters. The van der Waals surface area contributed by atoms with Gasteiger partial charge in [0.15, 0.2) is 0 Å². The highest BCUT2D eigenvalue weighted by Crippen LogP contribution is 2.13. The van der Waals surface area contributed by atoms with E-state index in [4.69, 9.17) is 4.74 Å². The van der Waals surface area contributed by atoms with Crippen molar-refractivity contribution in [2.24, 2.45) is 5.92 Å². The van der Waals surface area contributed by atoms with Crippen LogP contribution in [0.15, 0.2) is 30.3 Å². The molecule has 5 nitrogen and oxygen atoms in total. The summed E-state index contributed by atoms with van der Waals surface area (Å²) in [5.41, 5.74) is 0.887. The summed E-state index contributed by atoms with van der Waals surface area (Å²) in [6, 6.07) is 8.37. The van der Waals surface area contributed by atoms with Crippen LogP contribution < -0.4 is 5.32 Å². The van der Waals surface area contributed by atoms with Crippen molar-refractivity contribution >= 4 is 11.9 Å². The number of nitrogens with one attached hydrogen (secondary N) is 1. The van der Waals surface area contributed by atoms with Crippen molar-refractivity contribution in [2.75, 3.05) is 13.2 Å². The number of carboxylic acids is 1. The standard InChI is InChI=1S/C14H17NO4/c16-13(11-6-7-19-9-11)15-12(14(17)18)8-10-4-2-1-3-5-10/h1-5,11-12H,6-9H2,(H,15,16)(H,17,18)/t11?,12-/m1/s1. The van der Waals surface area contributed by atoms with E-state index in [9.17, 15) is 14.7 Å². The second-order valence-electron chi connectivity index (χ2n) is 4.65. The van der Waals surface area contributed by atoms with Crippen LogP contribution in [-0.4, -0.2) is 36.2 Å². The van der Waals surface area contributed by atoms with Crippen LogP contribution in [0.4, 0.5) is 0 Å². The van der Waals surface area contributed by atoms with E-state index in [1.165, 1.54) is 0 Å². The van der Waals surface area contributed by atoms with Crippen molar-refractivity contribution in [3.8, 4) is 0 Å². The fourth-order valence-electron chi connectivity index (χ4n) is 2.08. The third-order valence-corrected chi connectivity index (χ3v) is 3.20. The normalized spacial score (nSPS) is 19.9. The van der Waals surface area contributed by atoms with E-state index in [0.717, 1.165) is 5.56 Å². The van der Waals surface area contributed by atoms with Gasteiger partial charge in [0.25, 0.3) is 0 Å². The van der Waals surface area contributed by atoms with Crippen LogP contribution in [0.1, 0.15) is 12.0 Å². The highest BCUT2D eigenvalue weighted by atomic mass is 16.5. The second kappa shape index (κ2) is 6.33. The molecule has 1 fully saturated rings. The maximum Gasteiger partial charge on any atom is 0.326 e. The number of carbonyl (C=O) groups is 2. The maximum atomic E-state index is 11.9. The Balaban J connectivity index is 1.96. The number of hydrogen-bond acceptors (Lipinski definition) is 3. The van der Waals surface area contributed by atoms with E-state index in [1.54, 1.807) is 0 Å². The van der Waals surface area contributed by atoms with Gasteiger partial charge in [-0.05, 0) is 12.0 Å². The lowest BCUT2D eigenvalue weighted by Crippen LogP contribution is -2.45. The lowest BCUT2D eigenvalue weighted by atomic mass is 10.0. The summed E-state index contributed by atoms with van der Waals surface area (Å²) in [5, 5.41) is 11.8. The molecule has 0 saturated carbocycles. The van der Waals surface area contributed by atoms with Crippen LogP contribution in [-0.2, 0) is 20.7 Å². The molecule has 1 aliphatic heterocycles. The third kappa shape index (κ3) is 3.79. The Morgan fingerprint density at radius 3 is 2.68 bits per heavy atom. The molecular weight excluding hydrogens is 246 g/mol. The highest BCUT2D eigenvalue weighted by Gasteiger charge is 2.28. The summed E-state index contributed by atoms with van der Waals surface area (Å²) >= 11 is 0. The van der Waals surface area contributed by atoms with Gasteiger partial charge in [-0.2, -0.15) is 0 Å². The summed E-state index contributed by atoms with van der Waals surface area (Å²) in [6.07, 6.45) is 0.943. The first-order valence-electron chi connectivity index (χ1n) is 6.31. The van der Waals surface area contributed by atoms with Crippen molar-refractivity contribution in [1.29, 1.82) is 0 Å². The topological polar surface area (TPSA) is 75.6 Å². The fourth-order valence-corrected chi connectivity index (χ4v) is 2.08. The quantitative estimate of drug-likeness (QED) is 0.825. The zero-order valence-corrected chi connectivity index (χ0v) is 10.5. The molecule has 0 aromatic heterocycles. The molecule has 102 valence electrons. The highest BCUT2D eigenvalue weighted by molar-refractivity contribution is 5.85. The van der Waals surface area contributed by atoms with Crippen molar-refractivity contribution in [3.63, 3.8) is 0 Å². The van der Waals surface area contributed by atoms with Crippen molar-refractivity contribution in [2.45, 2.75) is 18.9 Å². The molecule has 2 rings (SSSR count). The van der Waals surface area contributed by atoms with Crippen molar-refractivity contribution in [3.05, 3.63) is 35.9 Å². The van der Waals surface area contributed by atoms with E-state index < -0.39 is 12.0 Å². The fraction of sp³-hybridized carbons (Fsp3) is 0.429. The number of aliphatic carboxylic acids is 1. The number of carbonyl (C=O) groups excluding carboxylic acids is 1. The van der Waals surface area contributed by atoms with Gasteiger partial charge >= 0.3 is 5.97 Å². The summed E-state index contributed by atoms with van der Waals surface area (Å²) in [7, 11) is 0. The van der Waals surface area contributed by atoms with Gasteiger partial charge in [0, 0.05) is 13.0 Å². The first-order valence-corrected chi connectivity index (χ1v) is 6.31. The molecule has 0 bridgehead atoms. The van der Waals surface area contributed by atoms with Crippen molar-refractivity contribution in [1.82, 2.24) is 5.32 Å². The number of rotatable bonds is 5. The molecule has 1 aliphatic rings. The maximum absolute atomic E-state index is 11.9. The average Bonchev–Trinajstić information content (AvgIpc) is 2.93. The number of carboxylic acid groups (broad SMARTS) is 1. The Morgan fingerprint density at radius 2 is 2.11 bits per heavy atom. The molecule has 1 aromatic rings. The minimum atomic E-state index is -1.02. The number of amides is 1. The van der Waals surface area contributed by atoms with Gasteiger partial charge in [-0.1, -0.05) is 30.3 Å². The number of ether oxygens (including phenoxy) is 1. The van der Waals surface area contributed by atoms with Crippen LogP contribution in [0.2, 0.25) is 0 Å². The first-order chi connectivity index (χ1) is 9.16. The molecule has 2 N–H and O–H groups in total. The number of hydrogen-bond donors (Lipinski definition) is 2. The Bertz CT molecular complexity index is 440. The summed E-state index contributed by atoms with van der Waals surface area (Å²) in [5.74, 6) is -1.48. The summed E-state index contributed by atoms with van der Waals surface area (Å²) in [4.78, 5) is 23.1. The minimum absolute atomic E-state index is 0.224. The SMILES string of the molecule is O=C(N[C@H](Cc1ccccc1)C(=O)O)C1CCOC1. The Labute approximate surface area is 111 Å². The molecule has 1 heterocycles. The van der Waals surface area contributed by atoms with Crippen LogP contribution in [0.5, 0.6) is 0 Å². The molecule has 1 saturated heterocycles. The van der Waals surface area contributed by atoms with E-state index in [0.29, 0.717) is 19.6 Å². The minimum Gasteiger partial charge on any atom is -0.480 e. The summed E-state index contributed by atoms with van der Waals surface area (Å²) < 4.78 is 5.13.